The summed E-state index contributed by atoms with van der Waals surface area (Å²) in [4.78, 5) is 28.0. The van der Waals surface area contributed by atoms with E-state index in [1.807, 2.05) is 76.2 Å². The second kappa shape index (κ2) is 11.4. The second-order valence-electron chi connectivity index (χ2n) is 7.77. The molecule has 2 atom stereocenters. The van der Waals surface area contributed by atoms with Gasteiger partial charge in [-0.05, 0) is 49.9 Å². The fraction of sp³-hybridized carbons (Fsp3) is 0.440. The van der Waals surface area contributed by atoms with Crippen molar-refractivity contribution in [2.24, 2.45) is 0 Å². The zero-order chi connectivity index (χ0) is 22.1. The number of ether oxygens (including phenoxy) is 1. The van der Waals surface area contributed by atoms with Crippen LogP contribution in [0.15, 0.2) is 48.5 Å². The SMILES string of the molecule is CCC(C)NC(=O)C(CC)N(Cc1ccc(C)cc1)C(=O)Cc1ccc(OC)cc1. The quantitative estimate of drug-likeness (QED) is 0.636. The molecule has 2 aromatic rings. The van der Waals surface area contributed by atoms with Crippen molar-refractivity contribution in [3.8, 4) is 5.75 Å². The molecule has 0 fully saturated rings. The van der Waals surface area contributed by atoms with Crippen LogP contribution >= 0.6 is 0 Å². The van der Waals surface area contributed by atoms with Crippen molar-refractivity contribution in [2.45, 2.75) is 65.6 Å². The van der Waals surface area contributed by atoms with Crippen LogP contribution in [0.1, 0.15) is 50.3 Å². The number of amides is 2. The first-order chi connectivity index (χ1) is 14.4. The van der Waals surface area contributed by atoms with E-state index in [0.29, 0.717) is 13.0 Å². The van der Waals surface area contributed by atoms with E-state index in [4.69, 9.17) is 4.74 Å². The van der Waals surface area contributed by atoms with E-state index in [9.17, 15) is 9.59 Å². The third-order valence-electron chi connectivity index (χ3n) is 5.37. The van der Waals surface area contributed by atoms with Gasteiger partial charge in [0.05, 0.1) is 13.5 Å². The van der Waals surface area contributed by atoms with Crippen molar-refractivity contribution < 1.29 is 14.3 Å². The van der Waals surface area contributed by atoms with E-state index >= 15 is 0 Å². The lowest BCUT2D eigenvalue weighted by Gasteiger charge is -2.31. The summed E-state index contributed by atoms with van der Waals surface area (Å²) in [6, 6.07) is 15.1. The molecule has 0 aromatic heterocycles. The van der Waals surface area contributed by atoms with Crippen molar-refractivity contribution in [3.05, 3.63) is 65.2 Å². The lowest BCUT2D eigenvalue weighted by Crippen LogP contribution is -2.51. The van der Waals surface area contributed by atoms with Crippen LogP contribution < -0.4 is 10.1 Å². The van der Waals surface area contributed by atoms with E-state index in [1.54, 1.807) is 12.0 Å². The smallest absolute Gasteiger partial charge is 0.243 e. The number of aryl methyl sites for hydroxylation is 1. The largest absolute Gasteiger partial charge is 0.497 e. The maximum atomic E-state index is 13.3. The summed E-state index contributed by atoms with van der Waals surface area (Å²) in [6.45, 7) is 8.40. The minimum atomic E-state index is -0.508. The van der Waals surface area contributed by atoms with Gasteiger partial charge >= 0.3 is 0 Å². The zero-order valence-corrected chi connectivity index (χ0v) is 18.8. The van der Waals surface area contributed by atoms with Crippen molar-refractivity contribution >= 4 is 11.8 Å². The summed E-state index contributed by atoms with van der Waals surface area (Å²) in [7, 11) is 1.62. The Balaban J connectivity index is 2.26. The molecular formula is C25H34N2O3. The number of methoxy groups -OCH3 is 1. The lowest BCUT2D eigenvalue weighted by atomic mass is 10.1. The van der Waals surface area contributed by atoms with Crippen LogP contribution in [0.5, 0.6) is 5.75 Å². The molecule has 2 unspecified atom stereocenters. The summed E-state index contributed by atoms with van der Waals surface area (Å²) in [6.07, 6.45) is 1.64. The fourth-order valence-corrected chi connectivity index (χ4v) is 3.27. The van der Waals surface area contributed by atoms with E-state index in [-0.39, 0.29) is 24.3 Å². The summed E-state index contributed by atoms with van der Waals surface area (Å²) in [5.41, 5.74) is 3.07. The molecule has 0 spiro atoms. The van der Waals surface area contributed by atoms with E-state index in [2.05, 4.69) is 5.32 Å². The molecule has 5 nitrogen and oxygen atoms in total. The molecule has 5 heteroatoms. The number of benzene rings is 2. The Morgan fingerprint density at radius 3 is 2.10 bits per heavy atom. The van der Waals surface area contributed by atoms with Crippen molar-refractivity contribution in [2.75, 3.05) is 7.11 Å². The Kier molecular flexibility index (Phi) is 8.90. The van der Waals surface area contributed by atoms with Crippen LogP contribution in [0, 0.1) is 6.92 Å². The number of nitrogens with one attached hydrogen (secondary N) is 1. The van der Waals surface area contributed by atoms with Gasteiger partial charge in [-0.25, -0.2) is 0 Å². The van der Waals surface area contributed by atoms with Gasteiger partial charge in [-0.1, -0.05) is 55.8 Å². The maximum Gasteiger partial charge on any atom is 0.243 e. The number of hydrogen-bond donors (Lipinski definition) is 1. The van der Waals surface area contributed by atoms with E-state index in [1.165, 1.54) is 0 Å². The number of carbonyl (C=O) groups excluding carboxylic acids is 2. The second-order valence-corrected chi connectivity index (χ2v) is 7.77. The van der Waals surface area contributed by atoms with Crippen molar-refractivity contribution in [1.82, 2.24) is 10.2 Å². The van der Waals surface area contributed by atoms with Gasteiger partial charge in [0, 0.05) is 12.6 Å². The van der Waals surface area contributed by atoms with Gasteiger partial charge in [-0.2, -0.15) is 0 Å². The molecule has 162 valence electrons. The van der Waals surface area contributed by atoms with E-state index in [0.717, 1.165) is 28.9 Å². The highest BCUT2D eigenvalue weighted by molar-refractivity contribution is 5.88. The highest BCUT2D eigenvalue weighted by Crippen LogP contribution is 2.17. The monoisotopic (exact) mass is 410 g/mol. The molecule has 0 saturated carbocycles. The van der Waals surface area contributed by atoms with Crippen LogP contribution in [0.25, 0.3) is 0 Å². The molecule has 0 radical (unpaired) electrons. The average molecular weight is 411 g/mol. The fourth-order valence-electron chi connectivity index (χ4n) is 3.27. The molecule has 2 amide bonds. The van der Waals surface area contributed by atoms with Gasteiger partial charge in [0.25, 0.3) is 0 Å². The minimum absolute atomic E-state index is 0.0631. The first-order valence-electron chi connectivity index (χ1n) is 10.7. The molecule has 1 N–H and O–H groups in total. The topological polar surface area (TPSA) is 58.6 Å². The molecule has 2 aromatic carbocycles. The highest BCUT2D eigenvalue weighted by Gasteiger charge is 2.29. The lowest BCUT2D eigenvalue weighted by molar-refractivity contribution is -0.141. The molecule has 0 bridgehead atoms. The molecule has 0 aliphatic carbocycles. The van der Waals surface area contributed by atoms with Crippen LogP contribution in [-0.2, 0) is 22.6 Å². The van der Waals surface area contributed by atoms with Crippen molar-refractivity contribution in [3.63, 3.8) is 0 Å². The molecule has 0 aliphatic rings. The van der Waals surface area contributed by atoms with Crippen LogP contribution in [0.2, 0.25) is 0 Å². The first-order valence-corrected chi connectivity index (χ1v) is 10.7. The van der Waals surface area contributed by atoms with Gasteiger partial charge in [0.2, 0.25) is 11.8 Å². The molecule has 30 heavy (non-hydrogen) atoms. The van der Waals surface area contributed by atoms with Crippen molar-refractivity contribution in [1.29, 1.82) is 0 Å². The number of rotatable bonds is 10. The van der Waals surface area contributed by atoms with Gasteiger partial charge < -0.3 is 15.0 Å². The number of nitrogens with zero attached hydrogens (tertiary/aromatic N) is 1. The van der Waals surface area contributed by atoms with Gasteiger partial charge in [0.1, 0.15) is 11.8 Å². The maximum absolute atomic E-state index is 13.3. The zero-order valence-electron chi connectivity index (χ0n) is 18.8. The predicted octanol–water partition coefficient (Wildman–Crippen LogP) is 4.27. The highest BCUT2D eigenvalue weighted by atomic mass is 16.5. The normalized spacial score (nSPS) is 12.7. The third-order valence-corrected chi connectivity index (χ3v) is 5.37. The van der Waals surface area contributed by atoms with Gasteiger partial charge in [-0.15, -0.1) is 0 Å². The standard InChI is InChI=1S/C25H34N2O3/c1-6-19(4)26-25(29)23(7-2)27(17-21-10-8-18(3)9-11-21)24(28)16-20-12-14-22(30-5)15-13-20/h8-15,19,23H,6-7,16-17H2,1-5H3,(H,26,29). The number of hydrogen-bond acceptors (Lipinski definition) is 3. The number of carbonyl (C=O) groups is 2. The summed E-state index contributed by atoms with van der Waals surface area (Å²) in [5.74, 6) is 0.594. The molecule has 2 rings (SSSR count). The Morgan fingerprint density at radius 1 is 0.967 bits per heavy atom. The molecule has 0 saturated heterocycles. The Morgan fingerprint density at radius 2 is 1.57 bits per heavy atom. The summed E-state index contributed by atoms with van der Waals surface area (Å²) < 4.78 is 5.20. The minimum Gasteiger partial charge on any atom is -0.497 e. The van der Waals surface area contributed by atoms with Gasteiger partial charge in [-0.3, -0.25) is 9.59 Å². The third kappa shape index (κ3) is 6.61. The Bertz CT molecular complexity index is 815. The molecule has 0 aliphatic heterocycles. The Labute approximate surface area is 180 Å². The van der Waals surface area contributed by atoms with Crippen LogP contribution in [0.3, 0.4) is 0 Å². The Hall–Kier alpha value is -2.82. The predicted molar refractivity (Wildman–Crippen MR) is 120 cm³/mol. The molecular weight excluding hydrogens is 376 g/mol. The van der Waals surface area contributed by atoms with Gasteiger partial charge in [0.15, 0.2) is 0 Å². The average Bonchev–Trinajstić information content (AvgIpc) is 2.75. The summed E-state index contributed by atoms with van der Waals surface area (Å²) in [5, 5.41) is 3.04. The summed E-state index contributed by atoms with van der Waals surface area (Å²) >= 11 is 0. The van der Waals surface area contributed by atoms with Crippen LogP contribution in [0.4, 0.5) is 0 Å². The van der Waals surface area contributed by atoms with E-state index < -0.39 is 6.04 Å². The first kappa shape index (κ1) is 23.5. The van der Waals surface area contributed by atoms with Crippen LogP contribution in [-0.4, -0.2) is 35.9 Å². The molecule has 0 heterocycles.